The van der Waals surface area contributed by atoms with Crippen LogP contribution in [0.15, 0.2) is 85.2 Å². The van der Waals surface area contributed by atoms with Crippen LogP contribution in [0.2, 0.25) is 0 Å². The molecule has 3 aromatic carbocycles. The highest BCUT2D eigenvalue weighted by molar-refractivity contribution is 5.95. The van der Waals surface area contributed by atoms with Gasteiger partial charge in [-0.1, -0.05) is 48.5 Å². The fourth-order valence-corrected chi connectivity index (χ4v) is 5.50. The molecule has 0 spiro atoms. The Hall–Kier alpha value is -3.34. The van der Waals surface area contributed by atoms with E-state index in [1.54, 1.807) is 6.20 Å². The van der Waals surface area contributed by atoms with Crippen LogP contribution in [-0.4, -0.2) is 52.9 Å². The van der Waals surface area contributed by atoms with Gasteiger partial charge >= 0.3 is 12.4 Å². The van der Waals surface area contributed by atoms with Gasteiger partial charge in [0, 0.05) is 43.6 Å². The number of aromatic nitrogens is 1. The van der Waals surface area contributed by atoms with Gasteiger partial charge in [0.2, 0.25) is 0 Å². The van der Waals surface area contributed by atoms with Crippen LogP contribution in [0.1, 0.15) is 39.0 Å². The van der Waals surface area contributed by atoms with Crippen LogP contribution in [0.25, 0.3) is 10.8 Å². The van der Waals surface area contributed by atoms with Gasteiger partial charge in [-0.15, -0.1) is 24.8 Å². The summed E-state index contributed by atoms with van der Waals surface area (Å²) < 4.78 is 81.1. The van der Waals surface area contributed by atoms with Gasteiger partial charge in [0.05, 0.1) is 11.1 Å². The molecule has 12 heteroatoms. The SMILES string of the molecule is Cl.Cl.O=C(c1cc(C(F)(F)F)cc(C(F)(F)F)c1)N1CCN(CCCc2cccnc2)C[C@H]1Cc1ccc2ccccc2c1. The van der Waals surface area contributed by atoms with E-state index in [9.17, 15) is 31.1 Å². The number of pyridine rings is 1. The minimum Gasteiger partial charge on any atom is -0.333 e. The van der Waals surface area contributed by atoms with Gasteiger partial charge in [-0.05, 0) is 72.0 Å². The molecule has 0 radical (unpaired) electrons. The summed E-state index contributed by atoms with van der Waals surface area (Å²) in [4.78, 5) is 21.4. The summed E-state index contributed by atoms with van der Waals surface area (Å²) in [5.41, 5.74) is -1.59. The third-order valence-corrected chi connectivity index (χ3v) is 7.61. The Bertz CT molecular complexity index is 1520. The van der Waals surface area contributed by atoms with Crippen molar-refractivity contribution in [3.8, 4) is 0 Å². The Balaban J connectivity index is 0.00000264. The van der Waals surface area contributed by atoms with E-state index in [1.165, 1.54) is 4.90 Å². The van der Waals surface area contributed by atoms with Crippen molar-refractivity contribution in [2.45, 2.75) is 37.7 Å². The van der Waals surface area contributed by atoms with Crippen molar-refractivity contribution in [3.63, 3.8) is 0 Å². The van der Waals surface area contributed by atoms with Crippen LogP contribution in [0, 0.1) is 0 Å². The summed E-state index contributed by atoms with van der Waals surface area (Å²) in [7, 11) is 0. The zero-order valence-corrected chi connectivity index (χ0v) is 25.1. The number of hydrogen-bond donors (Lipinski definition) is 0. The summed E-state index contributed by atoms with van der Waals surface area (Å²) in [6.07, 6.45) is -4.50. The van der Waals surface area contributed by atoms with E-state index in [-0.39, 0.29) is 37.4 Å². The zero-order valence-electron chi connectivity index (χ0n) is 23.4. The fourth-order valence-electron chi connectivity index (χ4n) is 5.50. The predicted molar refractivity (Wildman–Crippen MR) is 162 cm³/mol. The van der Waals surface area contributed by atoms with E-state index in [0.29, 0.717) is 31.6 Å². The molecule has 4 nitrogen and oxygen atoms in total. The van der Waals surface area contributed by atoms with E-state index < -0.39 is 41.0 Å². The molecule has 1 aliphatic heterocycles. The lowest BCUT2D eigenvalue weighted by Crippen LogP contribution is -2.56. The average Bonchev–Trinajstić information content (AvgIpc) is 2.96. The topological polar surface area (TPSA) is 36.4 Å². The number of alkyl halides is 6. The molecule has 1 amide bonds. The molecule has 0 N–H and O–H groups in total. The third kappa shape index (κ3) is 8.64. The molecule has 236 valence electrons. The Morgan fingerprint density at radius 3 is 2.11 bits per heavy atom. The number of fused-ring (bicyclic) bond motifs is 1. The van der Waals surface area contributed by atoms with Gasteiger partial charge in [-0.25, -0.2) is 0 Å². The lowest BCUT2D eigenvalue weighted by Gasteiger charge is -2.42. The molecule has 0 saturated carbocycles. The van der Waals surface area contributed by atoms with E-state index in [0.717, 1.165) is 41.3 Å². The molecule has 0 unspecified atom stereocenters. The van der Waals surface area contributed by atoms with Crippen molar-refractivity contribution in [3.05, 3.63) is 113 Å². The number of aryl methyl sites for hydroxylation is 1. The summed E-state index contributed by atoms with van der Waals surface area (Å²) in [5.74, 6) is -0.840. The lowest BCUT2D eigenvalue weighted by molar-refractivity contribution is -0.143. The van der Waals surface area contributed by atoms with Crippen molar-refractivity contribution in [1.29, 1.82) is 0 Å². The summed E-state index contributed by atoms with van der Waals surface area (Å²) in [5, 5.41) is 2.04. The maximum absolute atomic E-state index is 13.6. The van der Waals surface area contributed by atoms with Gasteiger partial charge in [-0.2, -0.15) is 26.3 Å². The Kier molecular flexibility index (Phi) is 11.7. The minimum atomic E-state index is -5.03. The Morgan fingerprint density at radius 1 is 0.795 bits per heavy atom. The first kappa shape index (κ1) is 35.1. The number of carbonyl (C=O) groups is 1. The van der Waals surface area contributed by atoms with Crippen molar-refractivity contribution in [2.75, 3.05) is 26.2 Å². The number of halogens is 8. The monoisotopic (exact) mass is 657 g/mol. The smallest absolute Gasteiger partial charge is 0.333 e. The molecule has 0 bridgehead atoms. The molecule has 0 aliphatic carbocycles. The molecule has 1 aromatic heterocycles. The van der Waals surface area contributed by atoms with Gasteiger partial charge in [0.25, 0.3) is 5.91 Å². The van der Waals surface area contributed by atoms with Crippen LogP contribution in [0.3, 0.4) is 0 Å². The Labute approximate surface area is 263 Å². The zero-order chi connectivity index (χ0) is 29.9. The minimum absolute atomic E-state index is 0. The normalized spacial score (nSPS) is 15.9. The second-order valence-electron chi connectivity index (χ2n) is 10.6. The van der Waals surface area contributed by atoms with Crippen molar-refractivity contribution >= 4 is 41.5 Å². The second kappa shape index (κ2) is 14.6. The Morgan fingerprint density at radius 2 is 1.48 bits per heavy atom. The molecular formula is C32H31Cl2F6N3O. The second-order valence-corrected chi connectivity index (χ2v) is 10.6. The quantitative estimate of drug-likeness (QED) is 0.188. The maximum Gasteiger partial charge on any atom is 0.416 e. The maximum atomic E-state index is 13.6. The number of carbonyl (C=O) groups excluding carboxylic acids is 1. The summed E-state index contributed by atoms with van der Waals surface area (Å²) in [6.45, 7) is 1.81. The van der Waals surface area contributed by atoms with Crippen LogP contribution in [0.4, 0.5) is 26.3 Å². The van der Waals surface area contributed by atoms with E-state index in [1.807, 2.05) is 60.8 Å². The molecule has 4 aromatic rings. The van der Waals surface area contributed by atoms with E-state index in [4.69, 9.17) is 0 Å². The van der Waals surface area contributed by atoms with Gasteiger partial charge in [-0.3, -0.25) is 14.7 Å². The number of nitrogens with zero attached hydrogens (tertiary/aromatic N) is 3. The van der Waals surface area contributed by atoms with Crippen LogP contribution < -0.4 is 0 Å². The van der Waals surface area contributed by atoms with Gasteiger partial charge in [0.1, 0.15) is 0 Å². The molecule has 44 heavy (non-hydrogen) atoms. The third-order valence-electron chi connectivity index (χ3n) is 7.61. The predicted octanol–water partition coefficient (Wildman–Crippen LogP) is 8.12. The molecule has 1 saturated heterocycles. The standard InChI is InChI=1S/C32H29F6N3O.2ClH/c33-31(34,35)27-17-26(18-28(19-27)32(36,37)38)30(42)41-14-13-40(12-4-6-22-5-3-11-39-20-22)21-29(41)16-23-9-10-24-7-1-2-8-25(24)15-23;;/h1-3,5,7-11,15,17-20,29H,4,6,12-14,16,21H2;2*1H/t29-;;/m1../s1. The van der Waals surface area contributed by atoms with Gasteiger partial charge < -0.3 is 4.90 Å². The van der Waals surface area contributed by atoms with Crippen molar-refractivity contribution < 1.29 is 31.1 Å². The number of rotatable bonds is 7. The highest BCUT2D eigenvalue weighted by Crippen LogP contribution is 2.37. The largest absolute Gasteiger partial charge is 0.416 e. The highest BCUT2D eigenvalue weighted by Gasteiger charge is 2.39. The number of benzene rings is 3. The van der Waals surface area contributed by atoms with Crippen LogP contribution in [0.5, 0.6) is 0 Å². The number of amides is 1. The van der Waals surface area contributed by atoms with Crippen LogP contribution in [-0.2, 0) is 25.2 Å². The first-order valence-corrected chi connectivity index (χ1v) is 13.7. The lowest BCUT2D eigenvalue weighted by atomic mass is 9.97. The first-order chi connectivity index (χ1) is 20.0. The molecule has 5 rings (SSSR count). The summed E-state index contributed by atoms with van der Waals surface area (Å²) >= 11 is 0. The average molecular weight is 659 g/mol. The molecule has 1 aliphatic rings. The molecule has 1 fully saturated rings. The highest BCUT2D eigenvalue weighted by atomic mass is 35.5. The number of piperazine rings is 1. The van der Waals surface area contributed by atoms with Crippen molar-refractivity contribution in [2.24, 2.45) is 0 Å². The van der Waals surface area contributed by atoms with E-state index >= 15 is 0 Å². The van der Waals surface area contributed by atoms with E-state index in [2.05, 4.69) is 9.88 Å². The fraction of sp³-hybridized carbons (Fsp3) is 0.312. The first-order valence-electron chi connectivity index (χ1n) is 13.7. The van der Waals surface area contributed by atoms with Crippen molar-refractivity contribution in [1.82, 2.24) is 14.8 Å². The molecule has 1 atom stereocenters. The molecular weight excluding hydrogens is 627 g/mol. The number of hydrogen-bond acceptors (Lipinski definition) is 3. The summed E-state index contributed by atoms with van der Waals surface area (Å²) in [6, 6.07) is 18.2. The molecule has 2 heterocycles. The van der Waals surface area contributed by atoms with Gasteiger partial charge in [0.15, 0.2) is 0 Å². The van der Waals surface area contributed by atoms with Crippen LogP contribution >= 0.6 is 24.8 Å².